The molecule has 0 aliphatic heterocycles. The molecule has 0 fully saturated rings. The summed E-state index contributed by atoms with van der Waals surface area (Å²) in [5, 5.41) is 0. The monoisotopic (exact) mass is 1330 g/mol. The van der Waals surface area contributed by atoms with Crippen LogP contribution in [0, 0.1) is 0 Å². The summed E-state index contributed by atoms with van der Waals surface area (Å²) in [6, 6.07) is 0. The van der Waals surface area contributed by atoms with Gasteiger partial charge < -0.3 is 42.6 Å². The van der Waals surface area contributed by atoms with E-state index in [1.807, 2.05) is 0 Å². The van der Waals surface area contributed by atoms with Crippen molar-refractivity contribution in [1.29, 1.82) is 0 Å². The van der Waals surface area contributed by atoms with E-state index in [2.05, 4.69) is 27.7 Å². The van der Waals surface area contributed by atoms with E-state index in [1.54, 1.807) is 0 Å². The van der Waals surface area contributed by atoms with Crippen molar-refractivity contribution in [3.8, 4) is 0 Å². The van der Waals surface area contributed by atoms with Crippen LogP contribution in [0.1, 0.15) is 439 Å². The Morgan fingerprint density at radius 1 is 0.181 bits per heavy atom. The second-order valence-electron chi connectivity index (χ2n) is 25.4. The zero-order chi connectivity index (χ0) is 59.9. The van der Waals surface area contributed by atoms with Crippen LogP contribution in [0.5, 0.6) is 0 Å². The Labute approximate surface area is 557 Å². The summed E-state index contributed by atoms with van der Waals surface area (Å²) in [5.74, 6) is 0. The minimum atomic E-state index is -2.46. The van der Waals surface area contributed by atoms with Crippen LogP contribution in [0.3, 0.4) is 0 Å². The second-order valence-corrected chi connectivity index (χ2v) is 35.4. The Hall–Kier alpha value is 2.46. The molecule has 496 valence electrons. The van der Waals surface area contributed by atoms with Gasteiger partial charge in [0.2, 0.25) is 0 Å². The van der Waals surface area contributed by atoms with Gasteiger partial charge in [-0.1, -0.05) is 437 Å². The normalized spacial score (nSPS) is 11.8. The average molecular weight is 1330 g/mol. The topological polar surface area (TPSA) is 36.9 Å². The van der Waals surface area contributed by atoms with E-state index in [-0.39, 0.29) is 19.5 Å². The molecule has 0 atom stereocenters. The molecule has 0 saturated heterocycles. The molecule has 11 heteroatoms. The molecule has 0 aromatic heterocycles. The number of hydrogen-bond acceptors (Lipinski definition) is 8. The maximum absolute atomic E-state index is 5.80. The van der Waals surface area contributed by atoms with Crippen LogP contribution >= 0.6 is 11.4 Å². The van der Waals surface area contributed by atoms with E-state index in [1.165, 1.54) is 385 Å². The van der Waals surface area contributed by atoms with Crippen LogP contribution in [-0.4, -0.2) is 26.4 Å². The molecule has 0 aliphatic rings. The van der Waals surface area contributed by atoms with Crippen molar-refractivity contribution in [2.45, 2.75) is 439 Å². The van der Waals surface area contributed by atoms with Crippen molar-refractivity contribution >= 4 is 59.5 Å². The Balaban J connectivity index is -0.00000152. The van der Waals surface area contributed by atoms with Gasteiger partial charge in [0.25, 0.3) is 0 Å². The van der Waals surface area contributed by atoms with E-state index < -0.39 is 11.4 Å². The van der Waals surface area contributed by atoms with Gasteiger partial charge in [-0.25, -0.2) is 0 Å². The quantitative estimate of drug-likeness (QED) is 0.0258. The number of hydrogen-bond donors (Lipinski definition) is 0. The van der Waals surface area contributed by atoms with Crippen LogP contribution in [0.25, 0.3) is 0 Å². The van der Waals surface area contributed by atoms with Gasteiger partial charge in [0.1, 0.15) is 0 Å². The summed E-state index contributed by atoms with van der Waals surface area (Å²) < 4.78 is 23.2. The predicted octanol–water partition coefficient (Wildman–Crippen LogP) is 28.6. The third-order valence-electron chi connectivity index (χ3n) is 17.0. The van der Waals surface area contributed by atoms with Crippen molar-refractivity contribution < 1.29 is 37.6 Å². The Kier molecular flexibility index (Phi) is 85.0. The van der Waals surface area contributed by atoms with Gasteiger partial charge in [-0.3, -0.25) is 0 Å². The third-order valence-corrected chi connectivity index (χ3v) is 21.5. The largest absolute Gasteiger partial charge is 2.00 e. The first-order chi connectivity index (χ1) is 40.2. The van der Waals surface area contributed by atoms with Gasteiger partial charge in [0.15, 0.2) is 0 Å². The fourth-order valence-corrected chi connectivity index (χ4v) is 14.7. The summed E-state index contributed by atoms with van der Waals surface area (Å²) in [5.41, 5.74) is -4.91. The molecule has 0 aromatic carbocycles. The third kappa shape index (κ3) is 84.5. The average Bonchev–Trinajstić information content (AvgIpc) is 3.46. The van der Waals surface area contributed by atoms with Crippen LogP contribution in [0.4, 0.5) is 0 Å². The first-order valence-electron chi connectivity index (χ1n) is 37.4. The molecular weight excluding hydrogens is 1180 g/mol. The van der Waals surface area contributed by atoms with Crippen molar-refractivity contribution in [3.63, 3.8) is 0 Å². The van der Waals surface area contributed by atoms with E-state index >= 15 is 0 Å². The van der Waals surface area contributed by atoms with Gasteiger partial charge in [-0.2, -0.15) is 0 Å². The summed E-state index contributed by atoms with van der Waals surface area (Å²) in [6.45, 7) is 11.9. The van der Waals surface area contributed by atoms with Crippen LogP contribution in [0.15, 0.2) is 0 Å². The molecule has 0 saturated carbocycles. The molecule has 0 rings (SSSR count). The Morgan fingerprint density at radius 2 is 0.265 bits per heavy atom. The minimum Gasteiger partial charge on any atom is -0.691 e. The molecule has 83 heavy (non-hydrogen) atoms. The van der Waals surface area contributed by atoms with E-state index in [9.17, 15) is 0 Å². The summed E-state index contributed by atoms with van der Waals surface area (Å²) >= 11 is 21.8. The zero-order valence-electron chi connectivity index (χ0n) is 57.0. The van der Waals surface area contributed by atoms with Gasteiger partial charge >= 0.3 is 19.5 Å². The molecule has 0 radical (unpaired) electrons. The van der Waals surface area contributed by atoms with Gasteiger partial charge in [0.05, 0.1) is 37.8 Å². The predicted molar refractivity (Wildman–Crippen MR) is 385 cm³/mol. The summed E-state index contributed by atoms with van der Waals surface area (Å²) in [4.78, 5) is 0. The van der Waals surface area contributed by atoms with Crippen molar-refractivity contribution in [2.24, 2.45) is 0 Å². The van der Waals surface area contributed by atoms with Crippen molar-refractivity contribution in [2.75, 3.05) is 26.4 Å². The van der Waals surface area contributed by atoms with Crippen LogP contribution < -0.4 is 0 Å². The fourth-order valence-electron chi connectivity index (χ4n) is 11.4. The molecule has 4 nitrogen and oxygen atoms in total. The molecule has 0 N–H and O–H groups in total. The Morgan fingerprint density at radius 3 is 0.361 bits per heavy atom. The van der Waals surface area contributed by atoms with Crippen molar-refractivity contribution in [3.05, 3.63) is 0 Å². The van der Waals surface area contributed by atoms with Crippen molar-refractivity contribution in [1.82, 2.24) is 0 Å². The van der Waals surface area contributed by atoms with Gasteiger partial charge in [0, 0.05) is 0 Å². The number of unbranched alkanes of at least 4 members (excludes halogenated alkanes) is 60. The maximum atomic E-state index is 5.80. The molecule has 0 spiro atoms. The zero-order valence-corrected chi connectivity index (χ0v) is 65.0. The molecule has 0 heterocycles. The minimum absolute atomic E-state index is 0. The first-order valence-corrected chi connectivity index (χ1v) is 44.7. The second kappa shape index (κ2) is 78.7. The molecule has 0 bridgehead atoms. The van der Waals surface area contributed by atoms with Gasteiger partial charge in [-0.15, -0.1) is 0 Å². The molecule has 0 unspecified atom stereocenters. The smallest absolute Gasteiger partial charge is 0.691 e. The maximum Gasteiger partial charge on any atom is 2.00 e. The number of rotatable bonds is 72. The first kappa shape index (κ1) is 89.7. The summed E-state index contributed by atoms with van der Waals surface area (Å²) in [6.07, 6.45) is 88.3. The standard InChI is InChI=1S/2C36H75O2PS2.Zn/c2*1-3-5-7-9-11-13-15-17-19-21-23-25-27-29-31-33-35-37-39(40,41)38-36-34-32-30-28-26-24-22-20-18-16-14-12-10-8-6-4-2;/h2*3-36H2,1-2H3,(H,40,41);/q;;+2/p-2. The molecule has 0 aromatic rings. The molecular formula is C72H148O4P2S4Zn. The SMILES string of the molecule is CCCCCCCCCCCCCCCCCCOP(=S)([S-])OCCCCCCCCCCCCCCCCCC.CCCCCCCCCCCCCCCCCCOP(=S)([S-])OCCCCCCCCCCCCCCCCCC.[Zn+2]. The van der Waals surface area contributed by atoms with Gasteiger partial charge in [-0.05, 0) is 25.7 Å². The molecule has 0 aliphatic carbocycles. The summed E-state index contributed by atoms with van der Waals surface area (Å²) in [7, 11) is 0. The molecule has 0 amide bonds. The van der Waals surface area contributed by atoms with E-state index in [0.29, 0.717) is 26.4 Å². The van der Waals surface area contributed by atoms with E-state index in [4.69, 9.17) is 66.2 Å². The van der Waals surface area contributed by atoms with Crippen LogP contribution in [0.2, 0.25) is 0 Å². The fraction of sp³-hybridized carbons (Fsp3) is 1.00. The van der Waals surface area contributed by atoms with E-state index in [0.717, 1.165) is 25.7 Å². The Bertz CT molecular complexity index is 1080. The van der Waals surface area contributed by atoms with Crippen LogP contribution in [-0.2, 0) is 85.7 Å².